The first-order valence-electron chi connectivity index (χ1n) is 5.77. The van der Waals surface area contributed by atoms with Gasteiger partial charge in [0.25, 0.3) is 0 Å². The van der Waals surface area contributed by atoms with Crippen molar-refractivity contribution in [3.05, 3.63) is 15.8 Å². The molecule has 0 unspecified atom stereocenters. The fourth-order valence-corrected chi connectivity index (χ4v) is 2.48. The van der Waals surface area contributed by atoms with Crippen LogP contribution in [-0.4, -0.2) is 30.1 Å². The summed E-state index contributed by atoms with van der Waals surface area (Å²) in [4.78, 5) is 22.9. The molecular formula is C12H17NO4S. The molecule has 0 atom stereocenters. The number of carbonyl (C=O) groups excluding carboxylic acids is 1. The first-order chi connectivity index (χ1) is 8.54. The first kappa shape index (κ1) is 14.5. The lowest BCUT2D eigenvalue weighted by molar-refractivity contribution is -0.119. The molecule has 0 radical (unpaired) electrons. The van der Waals surface area contributed by atoms with Crippen molar-refractivity contribution in [2.75, 3.05) is 13.2 Å². The number of carboxylic acids is 1. The van der Waals surface area contributed by atoms with Gasteiger partial charge >= 0.3 is 5.97 Å². The molecule has 0 spiro atoms. The lowest BCUT2D eigenvalue weighted by atomic mass is 10.3. The van der Waals surface area contributed by atoms with Crippen molar-refractivity contribution in [1.82, 2.24) is 5.32 Å². The highest BCUT2D eigenvalue weighted by Crippen LogP contribution is 2.30. The summed E-state index contributed by atoms with van der Waals surface area (Å²) in [5.74, 6) is -0.716. The van der Waals surface area contributed by atoms with Crippen molar-refractivity contribution in [3.63, 3.8) is 0 Å². The Labute approximate surface area is 110 Å². The molecule has 2 N–H and O–H groups in total. The minimum atomic E-state index is -0.975. The van der Waals surface area contributed by atoms with E-state index in [1.165, 1.54) is 18.3 Å². The summed E-state index contributed by atoms with van der Waals surface area (Å²) in [6.07, 6.45) is 1.81. The zero-order chi connectivity index (χ0) is 13.5. The highest BCUT2D eigenvalue weighted by molar-refractivity contribution is 7.14. The maximum absolute atomic E-state index is 11.0. The quantitative estimate of drug-likeness (QED) is 0.743. The van der Waals surface area contributed by atoms with Crippen LogP contribution >= 0.6 is 11.3 Å². The van der Waals surface area contributed by atoms with Crippen LogP contribution in [0.5, 0.6) is 5.75 Å². The van der Waals surface area contributed by atoms with Crippen LogP contribution in [0.3, 0.4) is 0 Å². The van der Waals surface area contributed by atoms with E-state index < -0.39 is 5.97 Å². The molecule has 0 aliphatic heterocycles. The average molecular weight is 271 g/mol. The Kier molecular flexibility index (Phi) is 5.64. The zero-order valence-corrected chi connectivity index (χ0v) is 11.3. The number of thiophene rings is 1. The Hall–Kier alpha value is -1.56. The van der Waals surface area contributed by atoms with E-state index in [0.29, 0.717) is 12.3 Å². The molecule has 0 aliphatic rings. The van der Waals surface area contributed by atoms with Gasteiger partial charge in [0.2, 0.25) is 5.91 Å². The molecule has 0 saturated carbocycles. The molecule has 6 heteroatoms. The number of rotatable bonds is 7. The molecule has 5 nitrogen and oxygen atoms in total. The van der Waals surface area contributed by atoms with Crippen LogP contribution in [0.1, 0.15) is 34.8 Å². The summed E-state index contributed by atoms with van der Waals surface area (Å²) < 4.78 is 5.39. The number of hydrogen-bond donors (Lipinski definition) is 2. The molecule has 0 bridgehead atoms. The molecule has 1 rings (SSSR count). The normalized spacial score (nSPS) is 10.1. The number of aromatic carboxylic acids is 1. The summed E-state index contributed by atoms with van der Waals surface area (Å²) in [6, 6.07) is 1.77. The monoisotopic (exact) mass is 271 g/mol. The number of nitrogens with one attached hydrogen (secondary N) is 1. The van der Waals surface area contributed by atoms with E-state index in [4.69, 9.17) is 9.84 Å². The largest absolute Gasteiger partial charge is 0.490 e. The smallest absolute Gasteiger partial charge is 0.349 e. The third-order valence-electron chi connectivity index (χ3n) is 2.17. The topological polar surface area (TPSA) is 75.6 Å². The van der Waals surface area contributed by atoms with Gasteiger partial charge in [-0.05, 0) is 12.5 Å². The van der Waals surface area contributed by atoms with Crippen LogP contribution in [0.2, 0.25) is 0 Å². The maximum atomic E-state index is 11.0. The van der Waals surface area contributed by atoms with Gasteiger partial charge in [-0.3, -0.25) is 4.79 Å². The lowest BCUT2D eigenvalue weighted by Gasteiger charge is -2.05. The second kappa shape index (κ2) is 7.00. The van der Waals surface area contributed by atoms with E-state index in [2.05, 4.69) is 5.32 Å². The fraction of sp³-hybridized carbons (Fsp3) is 0.500. The van der Waals surface area contributed by atoms with Crippen LogP contribution in [0.25, 0.3) is 0 Å². The van der Waals surface area contributed by atoms with E-state index in [-0.39, 0.29) is 17.4 Å². The van der Waals surface area contributed by atoms with Crippen molar-refractivity contribution in [1.29, 1.82) is 0 Å². The Morgan fingerprint density at radius 3 is 2.78 bits per heavy atom. The number of aryl methyl sites for hydroxylation is 1. The lowest BCUT2D eigenvalue weighted by Crippen LogP contribution is -2.25. The summed E-state index contributed by atoms with van der Waals surface area (Å²) >= 11 is 1.24. The van der Waals surface area contributed by atoms with Gasteiger partial charge in [0.05, 0.1) is 6.54 Å². The molecule has 1 heterocycles. The van der Waals surface area contributed by atoms with Crippen molar-refractivity contribution in [2.24, 2.45) is 0 Å². The molecule has 1 aromatic rings. The second-order valence-corrected chi connectivity index (χ2v) is 4.93. The molecule has 0 aliphatic carbocycles. The zero-order valence-electron chi connectivity index (χ0n) is 10.5. The van der Waals surface area contributed by atoms with Gasteiger partial charge in [-0.1, -0.05) is 13.3 Å². The summed E-state index contributed by atoms with van der Waals surface area (Å²) in [5, 5.41) is 11.6. The average Bonchev–Trinajstić information content (AvgIpc) is 2.68. The van der Waals surface area contributed by atoms with Crippen LogP contribution in [-0.2, 0) is 11.2 Å². The van der Waals surface area contributed by atoms with Crippen LogP contribution in [0, 0.1) is 0 Å². The predicted molar refractivity (Wildman–Crippen MR) is 69.5 cm³/mol. The standard InChI is InChI=1S/C12H17NO4S/c1-3-4-9-7-10(11(18-9)12(15)16)17-6-5-13-8(2)14/h7H,3-6H2,1-2H3,(H,13,14)(H,15,16). The molecule has 100 valence electrons. The highest BCUT2D eigenvalue weighted by atomic mass is 32.1. The number of carbonyl (C=O) groups is 2. The van der Waals surface area contributed by atoms with Crippen LogP contribution < -0.4 is 10.1 Å². The molecule has 18 heavy (non-hydrogen) atoms. The van der Waals surface area contributed by atoms with Crippen LogP contribution in [0.15, 0.2) is 6.07 Å². The van der Waals surface area contributed by atoms with Gasteiger partial charge in [0.15, 0.2) is 4.88 Å². The third kappa shape index (κ3) is 4.37. The van der Waals surface area contributed by atoms with Crippen molar-refractivity contribution < 1.29 is 19.4 Å². The van der Waals surface area contributed by atoms with E-state index in [1.54, 1.807) is 6.07 Å². The van der Waals surface area contributed by atoms with E-state index >= 15 is 0 Å². The molecule has 0 aromatic carbocycles. The highest BCUT2D eigenvalue weighted by Gasteiger charge is 2.16. The minimum Gasteiger partial charge on any atom is -0.490 e. The molecule has 1 aromatic heterocycles. The number of amides is 1. The Bertz CT molecular complexity index is 428. The van der Waals surface area contributed by atoms with E-state index in [0.717, 1.165) is 17.7 Å². The summed E-state index contributed by atoms with van der Waals surface area (Å²) in [5.41, 5.74) is 0. The first-order valence-corrected chi connectivity index (χ1v) is 6.59. The number of hydrogen-bond acceptors (Lipinski definition) is 4. The maximum Gasteiger partial charge on any atom is 0.349 e. The van der Waals surface area contributed by atoms with Gasteiger partial charge in [-0.25, -0.2) is 4.79 Å². The predicted octanol–water partition coefficient (Wildman–Crippen LogP) is 1.91. The molecule has 1 amide bonds. The van der Waals surface area contributed by atoms with Gasteiger partial charge < -0.3 is 15.2 Å². The Morgan fingerprint density at radius 1 is 1.50 bits per heavy atom. The van der Waals surface area contributed by atoms with Gasteiger partial charge in [0.1, 0.15) is 12.4 Å². The summed E-state index contributed by atoms with van der Waals surface area (Å²) in [6.45, 7) is 4.10. The van der Waals surface area contributed by atoms with Crippen molar-refractivity contribution >= 4 is 23.2 Å². The number of ether oxygens (including phenoxy) is 1. The second-order valence-electron chi connectivity index (χ2n) is 3.79. The summed E-state index contributed by atoms with van der Waals surface area (Å²) in [7, 11) is 0. The minimum absolute atomic E-state index is 0.131. The van der Waals surface area contributed by atoms with E-state index in [9.17, 15) is 9.59 Å². The number of carboxylic acid groups (broad SMARTS) is 1. The van der Waals surface area contributed by atoms with Crippen LogP contribution in [0.4, 0.5) is 0 Å². The molecular weight excluding hydrogens is 254 g/mol. The van der Waals surface area contributed by atoms with E-state index in [1.807, 2.05) is 6.92 Å². The van der Waals surface area contributed by atoms with Gasteiger partial charge in [-0.15, -0.1) is 11.3 Å². The Morgan fingerprint density at radius 2 is 2.22 bits per heavy atom. The molecule has 0 fully saturated rings. The van der Waals surface area contributed by atoms with Gasteiger partial charge in [-0.2, -0.15) is 0 Å². The van der Waals surface area contributed by atoms with Crippen molar-refractivity contribution in [2.45, 2.75) is 26.7 Å². The molecule has 0 saturated heterocycles. The third-order valence-corrected chi connectivity index (χ3v) is 3.34. The van der Waals surface area contributed by atoms with Crippen molar-refractivity contribution in [3.8, 4) is 5.75 Å². The SMILES string of the molecule is CCCc1cc(OCCNC(C)=O)c(C(=O)O)s1. The Balaban J connectivity index is 2.62. The van der Waals surface area contributed by atoms with Gasteiger partial charge in [0, 0.05) is 11.8 Å². The fourth-order valence-electron chi connectivity index (χ4n) is 1.44.